The second-order valence-electron chi connectivity index (χ2n) is 3.80. The predicted molar refractivity (Wildman–Crippen MR) is 70.1 cm³/mol. The van der Waals surface area contributed by atoms with Crippen molar-refractivity contribution in [3.8, 4) is 5.75 Å². The summed E-state index contributed by atoms with van der Waals surface area (Å²) in [5, 5.41) is 13.7. The number of ether oxygens (including phenoxy) is 1. The van der Waals surface area contributed by atoms with E-state index in [-0.39, 0.29) is 5.88 Å². The Labute approximate surface area is 105 Å². The molecule has 3 N–H and O–H groups in total. The van der Waals surface area contributed by atoms with Gasteiger partial charge in [0.1, 0.15) is 5.75 Å². The first-order chi connectivity index (χ1) is 8.24. The second kappa shape index (κ2) is 5.29. The van der Waals surface area contributed by atoms with E-state index in [1.807, 2.05) is 24.4 Å². The molecule has 4 nitrogen and oxygen atoms in total. The summed E-state index contributed by atoms with van der Waals surface area (Å²) in [6.07, 6.45) is 1.31. The number of alkyl halides is 1. The van der Waals surface area contributed by atoms with Crippen molar-refractivity contribution in [1.29, 1.82) is 0 Å². The first kappa shape index (κ1) is 12.1. The van der Waals surface area contributed by atoms with Gasteiger partial charge in [0, 0.05) is 35.9 Å². The molecule has 17 heavy (non-hydrogen) atoms. The van der Waals surface area contributed by atoms with Gasteiger partial charge in [-0.05, 0) is 6.07 Å². The summed E-state index contributed by atoms with van der Waals surface area (Å²) in [7, 11) is 1.63. The number of nitrogens with one attached hydrogen (secondary N) is 2. The molecule has 0 saturated heterocycles. The van der Waals surface area contributed by atoms with Crippen LogP contribution in [0.2, 0.25) is 0 Å². The largest absolute Gasteiger partial charge is 0.497 e. The van der Waals surface area contributed by atoms with Gasteiger partial charge < -0.3 is 20.1 Å². The van der Waals surface area contributed by atoms with Crippen LogP contribution >= 0.6 is 11.6 Å². The van der Waals surface area contributed by atoms with Gasteiger partial charge in [0.25, 0.3) is 0 Å². The average Bonchev–Trinajstić information content (AvgIpc) is 2.83. The zero-order valence-electron chi connectivity index (χ0n) is 9.53. The van der Waals surface area contributed by atoms with E-state index in [0.29, 0.717) is 6.54 Å². The van der Waals surface area contributed by atoms with Crippen LogP contribution < -0.4 is 10.1 Å². The fraction of sp³-hybridized carbons (Fsp3) is 0.333. The Balaban J connectivity index is 2.27. The number of halogens is 1. The lowest BCUT2D eigenvalue weighted by molar-refractivity contribution is 0.211. The maximum absolute atomic E-state index is 9.43. The van der Waals surface area contributed by atoms with Crippen LogP contribution in [0.15, 0.2) is 24.4 Å². The molecule has 1 aromatic carbocycles. The summed E-state index contributed by atoms with van der Waals surface area (Å²) < 4.78 is 5.22. The number of aliphatic hydroxyl groups excluding tert-OH is 1. The topological polar surface area (TPSA) is 57.3 Å². The molecule has 1 aromatic heterocycles. The molecule has 5 heteroatoms. The molecule has 0 aliphatic rings. The molecule has 2 rings (SSSR count). The van der Waals surface area contributed by atoms with Crippen LogP contribution in [0.3, 0.4) is 0 Å². The number of H-pyrrole nitrogens is 1. The van der Waals surface area contributed by atoms with E-state index in [1.54, 1.807) is 7.11 Å². The molecule has 1 unspecified atom stereocenters. The Morgan fingerprint density at radius 3 is 3.06 bits per heavy atom. The zero-order chi connectivity index (χ0) is 12.3. The number of aliphatic hydroxyl groups is 1. The Morgan fingerprint density at radius 2 is 2.35 bits per heavy atom. The molecule has 2 aromatic rings. The summed E-state index contributed by atoms with van der Waals surface area (Å²) in [6, 6.07) is 5.81. The van der Waals surface area contributed by atoms with Gasteiger partial charge in [-0.25, -0.2) is 0 Å². The number of methoxy groups -OCH3 is 1. The van der Waals surface area contributed by atoms with E-state index < -0.39 is 6.10 Å². The van der Waals surface area contributed by atoms with E-state index in [0.717, 1.165) is 22.3 Å². The Bertz CT molecular complexity index is 498. The second-order valence-corrected chi connectivity index (χ2v) is 4.11. The first-order valence-corrected chi connectivity index (χ1v) is 5.91. The van der Waals surface area contributed by atoms with E-state index in [4.69, 9.17) is 16.3 Å². The maximum Gasteiger partial charge on any atom is 0.123 e. The van der Waals surface area contributed by atoms with Gasteiger partial charge in [0.2, 0.25) is 0 Å². The lowest BCUT2D eigenvalue weighted by atomic mass is 10.2. The van der Waals surface area contributed by atoms with Gasteiger partial charge in [-0.1, -0.05) is 0 Å². The fourth-order valence-corrected chi connectivity index (χ4v) is 1.80. The summed E-state index contributed by atoms with van der Waals surface area (Å²) in [5.41, 5.74) is 1.91. The summed E-state index contributed by atoms with van der Waals surface area (Å²) in [6.45, 7) is 0.414. The van der Waals surface area contributed by atoms with Gasteiger partial charge in [0.05, 0.1) is 24.6 Å². The molecule has 0 amide bonds. The van der Waals surface area contributed by atoms with Crippen LogP contribution in [-0.4, -0.2) is 35.7 Å². The number of rotatable bonds is 5. The molecule has 0 aliphatic heterocycles. The van der Waals surface area contributed by atoms with Gasteiger partial charge >= 0.3 is 0 Å². The van der Waals surface area contributed by atoms with Crippen molar-refractivity contribution in [3.05, 3.63) is 24.4 Å². The summed E-state index contributed by atoms with van der Waals surface area (Å²) in [4.78, 5) is 3.13. The zero-order valence-corrected chi connectivity index (χ0v) is 10.3. The van der Waals surface area contributed by atoms with Crippen LogP contribution in [0.4, 0.5) is 5.69 Å². The Morgan fingerprint density at radius 1 is 1.53 bits per heavy atom. The smallest absolute Gasteiger partial charge is 0.123 e. The number of aromatic amines is 1. The summed E-state index contributed by atoms with van der Waals surface area (Å²) >= 11 is 5.55. The maximum atomic E-state index is 9.43. The summed E-state index contributed by atoms with van der Waals surface area (Å²) in [5.74, 6) is 0.982. The van der Waals surface area contributed by atoms with Crippen LogP contribution in [0.1, 0.15) is 0 Å². The number of benzene rings is 1. The molecule has 1 heterocycles. The molecule has 0 fully saturated rings. The van der Waals surface area contributed by atoms with Crippen LogP contribution in [-0.2, 0) is 0 Å². The van der Waals surface area contributed by atoms with Crippen molar-refractivity contribution in [1.82, 2.24) is 4.98 Å². The predicted octanol–water partition coefficient (Wildman–Crippen LogP) is 2.19. The SMILES string of the molecule is COc1cc(NCC(O)CCl)c2cc[nH]c2c1. The lowest BCUT2D eigenvalue weighted by Gasteiger charge is -2.12. The van der Waals surface area contributed by atoms with Crippen molar-refractivity contribution >= 4 is 28.2 Å². The fourth-order valence-electron chi connectivity index (χ4n) is 1.69. The molecule has 0 radical (unpaired) electrons. The Hall–Kier alpha value is -1.39. The molecule has 0 bridgehead atoms. The minimum atomic E-state index is -0.558. The third-order valence-corrected chi connectivity index (χ3v) is 2.94. The highest BCUT2D eigenvalue weighted by molar-refractivity contribution is 6.18. The minimum absolute atomic E-state index is 0.216. The average molecular weight is 255 g/mol. The third-order valence-electron chi connectivity index (χ3n) is 2.58. The highest BCUT2D eigenvalue weighted by atomic mass is 35.5. The van der Waals surface area contributed by atoms with Crippen molar-refractivity contribution < 1.29 is 9.84 Å². The number of fused-ring (bicyclic) bond motifs is 1. The van der Waals surface area contributed by atoms with Crippen molar-refractivity contribution in [2.45, 2.75) is 6.10 Å². The monoisotopic (exact) mass is 254 g/mol. The van der Waals surface area contributed by atoms with E-state index in [2.05, 4.69) is 10.3 Å². The number of hydrogen-bond acceptors (Lipinski definition) is 3. The molecule has 92 valence electrons. The van der Waals surface area contributed by atoms with E-state index >= 15 is 0 Å². The molecular formula is C12H15ClN2O2. The van der Waals surface area contributed by atoms with Crippen LogP contribution in [0, 0.1) is 0 Å². The van der Waals surface area contributed by atoms with Crippen LogP contribution in [0.25, 0.3) is 10.9 Å². The molecular weight excluding hydrogens is 240 g/mol. The standard InChI is InChI=1S/C12H15ClN2O2/c1-17-9-4-11-10(2-3-14-11)12(5-9)15-7-8(16)6-13/h2-5,8,14-16H,6-7H2,1H3. The van der Waals surface area contributed by atoms with Gasteiger partial charge in [-0.3, -0.25) is 0 Å². The van der Waals surface area contributed by atoms with Gasteiger partial charge in [-0.15, -0.1) is 11.6 Å². The van der Waals surface area contributed by atoms with Gasteiger partial charge in [0.15, 0.2) is 0 Å². The lowest BCUT2D eigenvalue weighted by Crippen LogP contribution is -2.20. The van der Waals surface area contributed by atoms with E-state index in [1.165, 1.54) is 0 Å². The number of hydrogen-bond donors (Lipinski definition) is 3. The third kappa shape index (κ3) is 2.65. The Kier molecular flexibility index (Phi) is 3.76. The van der Waals surface area contributed by atoms with Crippen molar-refractivity contribution in [2.24, 2.45) is 0 Å². The van der Waals surface area contributed by atoms with Gasteiger partial charge in [-0.2, -0.15) is 0 Å². The van der Waals surface area contributed by atoms with E-state index in [9.17, 15) is 5.11 Å². The number of aromatic nitrogens is 1. The minimum Gasteiger partial charge on any atom is -0.497 e. The number of anilines is 1. The van der Waals surface area contributed by atoms with Crippen molar-refractivity contribution in [2.75, 3.05) is 24.9 Å². The molecule has 0 spiro atoms. The first-order valence-electron chi connectivity index (χ1n) is 5.37. The quantitative estimate of drug-likeness (QED) is 0.717. The normalized spacial score (nSPS) is 12.6. The highest BCUT2D eigenvalue weighted by Crippen LogP contribution is 2.28. The molecule has 1 atom stereocenters. The highest BCUT2D eigenvalue weighted by Gasteiger charge is 2.07. The van der Waals surface area contributed by atoms with Crippen molar-refractivity contribution in [3.63, 3.8) is 0 Å². The molecule has 0 saturated carbocycles. The van der Waals surface area contributed by atoms with Crippen LogP contribution in [0.5, 0.6) is 5.75 Å². The molecule has 0 aliphatic carbocycles.